The van der Waals surface area contributed by atoms with Gasteiger partial charge in [-0.05, 0) is 9.40 Å². The molecule has 0 aliphatic heterocycles. The number of rotatable bonds is 0. The van der Waals surface area contributed by atoms with Crippen LogP contribution in [0.15, 0.2) is 60.7 Å². The molecule has 32 heavy (non-hydrogen) atoms. The second kappa shape index (κ2) is 11.2. The third kappa shape index (κ3) is 4.66. The van der Waals surface area contributed by atoms with Gasteiger partial charge in [-0.3, -0.25) is 0 Å². The van der Waals surface area contributed by atoms with Gasteiger partial charge >= 0.3 is 30.2 Å². The van der Waals surface area contributed by atoms with E-state index >= 15 is 0 Å². The number of thiophene rings is 2. The van der Waals surface area contributed by atoms with Gasteiger partial charge in [0.15, 0.2) is 0 Å². The third-order valence-corrected chi connectivity index (χ3v) is 8.47. The number of benzene rings is 2. The zero-order chi connectivity index (χ0) is 21.4. The Bertz CT molecular complexity index is 1360. The van der Waals surface area contributed by atoms with E-state index in [0.717, 1.165) is 0 Å². The van der Waals surface area contributed by atoms with E-state index in [1.54, 1.807) is 0 Å². The van der Waals surface area contributed by atoms with E-state index in [2.05, 4.69) is 95.2 Å². The molecule has 4 heteroatoms. The van der Waals surface area contributed by atoms with Gasteiger partial charge in [0.1, 0.15) is 0 Å². The molecule has 0 unspecified atom stereocenters. The first-order valence-electron chi connectivity index (χ1n) is 9.88. The SMILES string of the molecule is Cc1[cH-]c2c(sc3ccccc32)c1C.Cc1[cH-]c2c(sc3ccccc32)c1C.[CH3-].[CH3-].[Si]=[Zr]. The van der Waals surface area contributed by atoms with Crippen molar-refractivity contribution >= 4 is 69.9 Å². The summed E-state index contributed by atoms with van der Waals surface area (Å²) in [6.45, 7) is 11.9. The van der Waals surface area contributed by atoms with Crippen LogP contribution in [0.4, 0.5) is 0 Å². The fourth-order valence-electron chi connectivity index (χ4n) is 3.98. The molecule has 4 aromatic carbocycles. The molecule has 2 heterocycles. The molecule has 6 aromatic rings. The molecular formula is C28H28S2SiZr-4. The molecule has 0 aliphatic carbocycles. The Labute approximate surface area is 217 Å². The maximum absolute atomic E-state index is 3.06. The van der Waals surface area contributed by atoms with Crippen molar-refractivity contribution in [2.45, 2.75) is 27.7 Å². The topological polar surface area (TPSA) is 0 Å². The Morgan fingerprint density at radius 3 is 1.34 bits per heavy atom. The third-order valence-electron chi connectivity index (χ3n) is 5.85. The summed E-state index contributed by atoms with van der Waals surface area (Å²) in [4.78, 5) is 0. The van der Waals surface area contributed by atoms with Crippen molar-refractivity contribution in [3.05, 3.63) is 97.8 Å². The van der Waals surface area contributed by atoms with Gasteiger partial charge in [-0.15, -0.1) is 45.2 Å². The molecule has 0 spiro atoms. The molecule has 6 rings (SSSR count). The van der Waals surface area contributed by atoms with Crippen LogP contribution in [0.1, 0.15) is 22.3 Å². The van der Waals surface area contributed by atoms with Crippen LogP contribution in [0.5, 0.6) is 0 Å². The standard InChI is InChI=1S/2C13H11S.2CH3.Si.Zr/c2*1-8-7-11-10-5-3-4-6-12(10)14-13(11)9(8)2;;;;/h2*3-7H,1-2H3;2*1H3;;/q4*-1;;. The van der Waals surface area contributed by atoms with E-state index < -0.39 is 0 Å². The van der Waals surface area contributed by atoms with E-state index in [1.807, 2.05) is 22.7 Å². The van der Waals surface area contributed by atoms with E-state index in [1.165, 1.54) is 85.9 Å². The van der Waals surface area contributed by atoms with Gasteiger partial charge < -0.3 is 14.9 Å². The maximum atomic E-state index is 3.06. The van der Waals surface area contributed by atoms with Crippen molar-refractivity contribution in [2.24, 2.45) is 0 Å². The Morgan fingerprint density at radius 2 is 0.969 bits per heavy atom. The Balaban J connectivity index is 0.000000199. The van der Waals surface area contributed by atoms with Gasteiger partial charge in [0.2, 0.25) is 0 Å². The fourth-order valence-corrected chi connectivity index (χ4v) is 6.48. The van der Waals surface area contributed by atoms with Crippen LogP contribution < -0.4 is 0 Å². The van der Waals surface area contributed by atoms with Crippen LogP contribution in [-0.2, 0) is 23.3 Å². The van der Waals surface area contributed by atoms with Crippen LogP contribution in [0.2, 0.25) is 0 Å². The molecule has 164 valence electrons. The molecule has 0 atom stereocenters. The second-order valence-electron chi connectivity index (χ2n) is 7.59. The predicted molar refractivity (Wildman–Crippen MR) is 147 cm³/mol. The Hall–Kier alpha value is -1.32. The molecule has 0 aliphatic rings. The monoisotopic (exact) mass is 546 g/mol. The predicted octanol–water partition coefficient (Wildman–Crippen LogP) is 9.30. The summed E-state index contributed by atoms with van der Waals surface area (Å²) >= 11 is 5.17. The van der Waals surface area contributed by atoms with Crippen molar-refractivity contribution in [3.8, 4) is 0 Å². The Morgan fingerprint density at radius 1 is 0.625 bits per heavy atom. The van der Waals surface area contributed by atoms with Gasteiger partial charge in [0.05, 0.1) is 0 Å². The van der Waals surface area contributed by atoms with E-state index in [-0.39, 0.29) is 14.9 Å². The first-order valence-corrected chi connectivity index (χ1v) is 15.7. The second-order valence-corrected chi connectivity index (χ2v) is 9.69. The van der Waals surface area contributed by atoms with Gasteiger partial charge in [-0.25, -0.2) is 22.7 Å². The molecule has 0 fully saturated rings. The minimum atomic E-state index is 0. The normalized spacial score (nSPS) is 10.2. The fraction of sp³-hybridized carbons (Fsp3) is 0.143. The van der Waals surface area contributed by atoms with Crippen LogP contribution in [-0.4, -0.2) is 6.88 Å². The molecule has 2 aromatic heterocycles. The summed E-state index contributed by atoms with van der Waals surface area (Å²) in [6, 6.07) is 21.9. The van der Waals surface area contributed by atoms with Crippen molar-refractivity contribution in [2.75, 3.05) is 0 Å². The Kier molecular flexibility index (Phi) is 9.43. The number of fused-ring (bicyclic) bond motifs is 6. The number of aryl methyl sites for hydroxylation is 4. The summed E-state index contributed by atoms with van der Waals surface area (Å²) in [5.74, 6) is 0. The van der Waals surface area contributed by atoms with Crippen LogP contribution in [0.25, 0.3) is 40.3 Å². The van der Waals surface area contributed by atoms with Crippen LogP contribution >= 0.6 is 22.7 Å². The summed E-state index contributed by atoms with van der Waals surface area (Å²) in [5.41, 5.74) is 5.72. The van der Waals surface area contributed by atoms with Crippen LogP contribution in [0, 0.1) is 42.5 Å². The summed E-state index contributed by atoms with van der Waals surface area (Å²) in [6.07, 6.45) is 0. The number of hydrogen-bond donors (Lipinski definition) is 0. The van der Waals surface area contributed by atoms with Crippen molar-refractivity contribution in [1.29, 1.82) is 0 Å². The molecule has 0 bridgehead atoms. The molecule has 0 saturated carbocycles. The zero-order valence-electron chi connectivity index (χ0n) is 19.6. The van der Waals surface area contributed by atoms with Crippen molar-refractivity contribution in [1.82, 2.24) is 0 Å². The van der Waals surface area contributed by atoms with Crippen LogP contribution in [0.3, 0.4) is 0 Å². The van der Waals surface area contributed by atoms with Crippen molar-refractivity contribution in [3.63, 3.8) is 0 Å². The van der Waals surface area contributed by atoms with E-state index in [4.69, 9.17) is 0 Å². The van der Waals surface area contributed by atoms with Gasteiger partial charge in [-0.1, -0.05) is 96.4 Å². The molecule has 0 nitrogen and oxygen atoms in total. The summed E-state index contributed by atoms with van der Waals surface area (Å²) in [5, 5.41) is 5.67. The summed E-state index contributed by atoms with van der Waals surface area (Å²) < 4.78 is 5.73. The van der Waals surface area contributed by atoms with E-state index in [9.17, 15) is 0 Å². The van der Waals surface area contributed by atoms with Crippen molar-refractivity contribution < 1.29 is 23.3 Å². The molecule has 2 radical (unpaired) electrons. The molecule has 0 saturated heterocycles. The average Bonchev–Trinajstić information content (AvgIpc) is 3.47. The summed E-state index contributed by atoms with van der Waals surface area (Å²) in [7, 11) is 0. The minimum absolute atomic E-state index is 0. The molecule has 0 amide bonds. The molecule has 0 N–H and O–H groups in total. The quantitative estimate of drug-likeness (QED) is 0.131. The van der Waals surface area contributed by atoms with E-state index in [0.29, 0.717) is 0 Å². The molecular weight excluding hydrogens is 520 g/mol. The van der Waals surface area contributed by atoms with Gasteiger partial charge in [0.25, 0.3) is 0 Å². The van der Waals surface area contributed by atoms with Gasteiger partial charge in [0, 0.05) is 0 Å². The average molecular weight is 548 g/mol. The number of hydrogen-bond acceptors (Lipinski definition) is 2. The zero-order valence-corrected chi connectivity index (χ0v) is 24.7. The van der Waals surface area contributed by atoms with Gasteiger partial charge in [-0.2, -0.15) is 0 Å². The first kappa shape index (κ1) is 26.9. The first-order chi connectivity index (χ1) is 14.5.